The zero-order valence-corrected chi connectivity index (χ0v) is 8.82. The van der Waals surface area contributed by atoms with Crippen LogP contribution in [0.5, 0.6) is 0 Å². The molecule has 0 fully saturated rings. The zero-order chi connectivity index (χ0) is 11.7. The van der Waals surface area contributed by atoms with E-state index in [-0.39, 0.29) is 4.77 Å². The number of fused-ring (bicyclic) bond motifs is 1. The van der Waals surface area contributed by atoms with Crippen molar-refractivity contribution in [3.8, 4) is 0 Å². The maximum absolute atomic E-state index is 11.9. The average Bonchev–Trinajstić information content (AvgIpc) is 2.24. The predicted molar refractivity (Wildman–Crippen MR) is 58.8 cm³/mol. The van der Waals surface area contributed by atoms with Crippen molar-refractivity contribution >= 4 is 29.2 Å². The molecule has 0 unspecified atom stereocenters. The molecule has 2 aromatic heterocycles. The fraction of sp³-hybridized carbons (Fsp3) is 0.111. The summed E-state index contributed by atoms with van der Waals surface area (Å²) in [5, 5.41) is 8.97. The number of hydrogen-bond acceptors (Lipinski definition) is 4. The highest BCUT2D eigenvalue weighted by Crippen LogP contribution is 2.02. The van der Waals surface area contributed by atoms with Gasteiger partial charge in [0.2, 0.25) is 0 Å². The van der Waals surface area contributed by atoms with Crippen molar-refractivity contribution in [2.75, 3.05) is 0 Å². The Morgan fingerprint density at radius 3 is 3.06 bits per heavy atom. The Kier molecular flexibility index (Phi) is 2.53. The molecule has 82 valence electrons. The van der Waals surface area contributed by atoms with Crippen LogP contribution < -0.4 is 5.56 Å². The van der Waals surface area contributed by atoms with Gasteiger partial charge in [-0.3, -0.25) is 14.2 Å². The maximum Gasteiger partial charge on any atom is 0.323 e. The maximum atomic E-state index is 11.9. The Balaban J connectivity index is 2.81. The van der Waals surface area contributed by atoms with Crippen LogP contribution in [0.3, 0.4) is 0 Å². The monoisotopic (exact) mass is 237 g/mol. The van der Waals surface area contributed by atoms with Gasteiger partial charge in [0, 0.05) is 6.20 Å². The molecular formula is C9H7N3O3S. The number of carboxylic acid groups (broad SMARTS) is 1. The molecule has 0 spiro atoms. The minimum Gasteiger partial charge on any atom is -0.480 e. The summed E-state index contributed by atoms with van der Waals surface area (Å²) in [5.74, 6) is -1.12. The van der Waals surface area contributed by atoms with Gasteiger partial charge in [-0.05, 0) is 24.4 Å². The normalized spacial score (nSPS) is 10.5. The van der Waals surface area contributed by atoms with Crippen LogP contribution in [0.15, 0.2) is 23.1 Å². The lowest BCUT2D eigenvalue weighted by Crippen LogP contribution is -2.26. The lowest BCUT2D eigenvalue weighted by atomic mass is 10.3. The second-order valence-electron chi connectivity index (χ2n) is 3.11. The summed E-state index contributed by atoms with van der Waals surface area (Å²) in [6.07, 6.45) is 1.52. The van der Waals surface area contributed by atoms with Gasteiger partial charge in [0.05, 0.1) is 5.39 Å². The Morgan fingerprint density at radius 1 is 1.62 bits per heavy atom. The van der Waals surface area contributed by atoms with E-state index in [0.29, 0.717) is 11.0 Å². The molecule has 0 aliphatic heterocycles. The minimum atomic E-state index is -1.12. The third-order valence-corrected chi connectivity index (χ3v) is 2.37. The second-order valence-corrected chi connectivity index (χ2v) is 3.50. The summed E-state index contributed by atoms with van der Waals surface area (Å²) in [6.45, 7) is -0.459. The third kappa shape index (κ3) is 1.72. The standard InChI is InChI=1S/C9H7N3O3S/c13-6(14)4-12-8(15)5-2-1-3-10-7(5)11-9(12)16/h1-3H,4H2,(H,13,14)(H,10,11,16). The molecule has 16 heavy (non-hydrogen) atoms. The highest BCUT2D eigenvalue weighted by Gasteiger charge is 2.08. The van der Waals surface area contributed by atoms with E-state index in [1.165, 1.54) is 6.20 Å². The van der Waals surface area contributed by atoms with Gasteiger partial charge in [-0.1, -0.05) is 0 Å². The van der Waals surface area contributed by atoms with Gasteiger partial charge in [-0.25, -0.2) is 4.98 Å². The summed E-state index contributed by atoms with van der Waals surface area (Å²) in [4.78, 5) is 29.1. The lowest BCUT2D eigenvalue weighted by molar-refractivity contribution is -0.137. The number of rotatable bonds is 2. The first-order chi connectivity index (χ1) is 7.59. The van der Waals surface area contributed by atoms with Gasteiger partial charge in [0.1, 0.15) is 12.2 Å². The minimum absolute atomic E-state index is 0.0543. The first-order valence-electron chi connectivity index (χ1n) is 4.39. The van der Waals surface area contributed by atoms with E-state index >= 15 is 0 Å². The SMILES string of the molecule is O=C(O)Cn1c(=S)[nH]c2ncccc2c1=O. The molecule has 0 aliphatic carbocycles. The number of carbonyl (C=O) groups is 1. The molecule has 2 heterocycles. The highest BCUT2D eigenvalue weighted by atomic mass is 32.1. The smallest absolute Gasteiger partial charge is 0.323 e. The van der Waals surface area contributed by atoms with Crippen LogP contribution in [-0.4, -0.2) is 25.6 Å². The summed E-state index contributed by atoms with van der Waals surface area (Å²) in [7, 11) is 0. The van der Waals surface area contributed by atoms with E-state index in [4.69, 9.17) is 17.3 Å². The summed E-state index contributed by atoms with van der Waals surface area (Å²) >= 11 is 4.89. The van der Waals surface area contributed by atoms with Crippen LogP contribution in [0.2, 0.25) is 0 Å². The van der Waals surface area contributed by atoms with Crippen LogP contribution in [0.4, 0.5) is 0 Å². The van der Waals surface area contributed by atoms with Crippen molar-refractivity contribution in [3.05, 3.63) is 33.5 Å². The molecule has 0 atom stereocenters. The number of carboxylic acids is 1. The van der Waals surface area contributed by atoms with Crippen LogP contribution >= 0.6 is 12.2 Å². The molecule has 0 saturated heterocycles. The zero-order valence-electron chi connectivity index (χ0n) is 8.01. The summed E-state index contributed by atoms with van der Waals surface area (Å²) in [5.41, 5.74) is -0.0895. The van der Waals surface area contributed by atoms with Crippen molar-refractivity contribution in [1.82, 2.24) is 14.5 Å². The molecular weight excluding hydrogens is 230 g/mol. The van der Waals surface area contributed by atoms with Crippen molar-refractivity contribution < 1.29 is 9.90 Å². The molecule has 7 heteroatoms. The molecule has 0 aliphatic rings. The van der Waals surface area contributed by atoms with E-state index < -0.39 is 18.1 Å². The average molecular weight is 237 g/mol. The fourth-order valence-corrected chi connectivity index (χ4v) is 1.61. The van der Waals surface area contributed by atoms with Crippen LogP contribution in [0, 0.1) is 4.77 Å². The van der Waals surface area contributed by atoms with Gasteiger partial charge in [-0.2, -0.15) is 0 Å². The summed E-state index contributed by atoms with van der Waals surface area (Å²) < 4.78 is 1.04. The molecule has 0 radical (unpaired) electrons. The van der Waals surface area contributed by atoms with Crippen LogP contribution in [0.1, 0.15) is 0 Å². The Bertz CT molecular complexity index is 673. The van der Waals surface area contributed by atoms with Gasteiger partial charge in [0.25, 0.3) is 5.56 Å². The molecule has 6 nitrogen and oxygen atoms in total. The highest BCUT2D eigenvalue weighted by molar-refractivity contribution is 7.71. The van der Waals surface area contributed by atoms with Crippen molar-refractivity contribution in [2.45, 2.75) is 6.54 Å². The third-order valence-electron chi connectivity index (χ3n) is 2.05. The van der Waals surface area contributed by atoms with Crippen LogP contribution in [0.25, 0.3) is 11.0 Å². The first kappa shape index (κ1) is 10.5. The van der Waals surface area contributed by atoms with Crippen LogP contribution in [-0.2, 0) is 11.3 Å². The fourth-order valence-electron chi connectivity index (χ4n) is 1.36. The van der Waals surface area contributed by atoms with E-state index in [9.17, 15) is 9.59 Å². The number of aromatic amines is 1. The number of aliphatic carboxylic acids is 1. The number of aromatic nitrogens is 3. The Morgan fingerprint density at radius 2 is 2.38 bits per heavy atom. The molecule has 0 saturated carbocycles. The predicted octanol–water partition coefficient (Wildman–Crippen LogP) is 0.539. The number of hydrogen-bond donors (Lipinski definition) is 2. The number of H-pyrrole nitrogens is 1. The number of nitrogens with zero attached hydrogens (tertiary/aromatic N) is 2. The van der Waals surface area contributed by atoms with E-state index in [2.05, 4.69) is 9.97 Å². The van der Waals surface area contributed by atoms with E-state index in [0.717, 1.165) is 4.57 Å². The second kappa shape index (κ2) is 3.86. The van der Waals surface area contributed by atoms with Gasteiger partial charge < -0.3 is 10.1 Å². The molecule has 0 bridgehead atoms. The van der Waals surface area contributed by atoms with Crippen molar-refractivity contribution in [2.24, 2.45) is 0 Å². The molecule has 0 aromatic carbocycles. The van der Waals surface area contributed by atoms with Crippen molar-refractivity contribution in [1.29, 1.82) is 0 Å². The Hall–Kier alpha value is -2.02. The largest absolute Gasteiger partial charge is 0.480 e. The molecule has 2 N–H and O–H groups in total. The van der Waals surface area contributed by atoms with Crippen molar-refractivity contribution in [3.63, 3.8) is 0 Å². The quantitative estimate of drug-likeness (QED) is 0.744. The molecule has 0 amide bonds. The topological polar surface area (TPSA) is 88.0 Å². The molecule has 2 aromatic rings. The lowest BCUT2D eigenvalue weighted by Gasteiger charge is -2.03. The van der Waals surface area contributed by atoms with E-state index in [1.54, 1.807) is 12.1 Å². The van der Waals surface area contributed by atoms with E-state index in [1.807, 2.05) is 0 Å². The van der Waals surface area contributed by atoms with Gasteiger partial charge in [-0.15, -0.1) is 0 Å². The van der Waals surface area contributed by atoms with Gasteiger partial charge >= 0.3 is 5.97 Å². The number of nitrogens with one attached hydrogen (secondary N) is 1. The first-order valence-corrected chi connectivity index (χ1v) is 4.80. The number of pyridine rings is 1. The summed E-state index contributed by atoms with van der Waals surface area (Å²) in [6, 6.07) is 3.17. The molecule has 2 rings (SSSR count). The van der Waals surface area contributed by atoms with Gasteiger partial charge in [0.15, 0.2) is 4.77 Å². The Labute approximate surface area is 94.2 Å².